The summed E-state index contributed by atoms with van der Waals surface area (Å²) in [5.74, 6) is 0.620. The Morgan fingerprint density at radius 1 is 1.25 bits per heavy atom. The largest absolute Gasteiger partial charge is 0.381 e. The second-order valence-electron chi connectivity index (χ2n) is 5.33. The molecule has 2 nitrogen and oxygen atoms in total. The Hall–Kier alpha value is -1.06. The van der Waals surface area contributed by atoms with Gasteiger partial charge in [0.2, 0.25) is 0 Å². The van der Waals surface area contributed by atoms with Crippen molar-refractivity contribution in [3.05, 3.63) is 57.3 Å². The van der Waals surface area contributed by atoms with E-state index in [9.17, 15) is 0 Å². The van der Waals surface area contributed by atoms with E-state index in [1.165, 1.54) is 5.56 Å². The van der Waals surface area contributed by atoms with Crippen molar-refractivity contribution < 1.29 is 0 Å². The lowest BCUT2D eigenvalue weighted by Gasteiger charge is -2.37. The first-order valence-electron chi connectivity index (χ1n) is 6.77. The zero-order valence-corrected chi connectivity index (χ0v) is 13.6. The smallest absolute Gasteiger partial charge is 0.106 e. The molecule has 0 unspecified atom stereocenters. The molecule has 3 rings (SSSR count). The molecule has 1 saturated carbocycles. The summed E-state index contributed by atoms with van der Waals surface area (Å²) in [6, 6.07) is 12.8. The summed E-state index contributed by atoms with van der Waals surface area (Å²) in [5.41, 5.74) is 3.51. The lowest BCUT2D eigenvalue weighted by Crippen LogP contribution is -2.34. The molecule has 1 fully saturated rings. The highest BCUT2D eigenvalue weighted by Gasteiger charge is 2.30. The third kappa shape index (κ3) is 2.99. The van der Waals surface area contributed by atoms with Crippen LogP contribution in [-0.2, 0) is 0 Å². The summed E-state index contributed by atoms with van der Waals surface area (Å²) in [7, 11) is 0. The Labute approximate surface area is 132 Å². The van der Waals surface area contributed by atoms with E-state index in [4.69, 9.17) is 11.6 Å². The first-order chi connectivity index (χ1) is 9.61. The molecule has 1 aromatic carbocycles. The molecular formula is C16H16BrClN2. The average molecular weight is 352 g/mol. The number of anilines is 1. The molecule has 0 radical (unpaired) electrons. The van der Waals surface area contributed by atoms with Gasteiger partial charge in [-0.25, -0.2) is 4.98 Å². The standard InChI is InChI=1S/C16H16BrClN2/c1-10-15(5-6-16(17)19-10)20-14-8-12(9-14)11-3-2-4-13(18)7-11/h2-7,12,14,20H,8-9H2,1H3. The maximum atomic E-state index is 6.04. The van der Waals surface area contributed by atoms with Gasteiger partial charge >= 0.3 is 0 Å². The SMILES string of the molecule is Cc1nc(Br)ccc1NC1CC(c2cccc(Cl)c2)C1. The highest BCUT2D eigenvalue weighted by atomic mass is 79.9. The molecule has 0 amide bonds. The van der Waals surface area contributed by atoms with Crippen LogP contribution in [0.5, 0.6) is 0 Å². The number of aromatic nitrogens is 1. The molecule has 1 aromatic heterocycles. The molecule has 1 heterocycles. The van der Waals surface area contributed by atoms with Crippen molar-refractivity contribution in [2.75, 3.05) is 5.32 Å². The van der Waals surface area contributed by atoms with Crippen LogP contribution in [0.4, 0.5) is 5.69 Å². The lowest BCUT2D eigenvalue weighted by atomic mass is 9.76. The van der Waals surface area contributed by atoms with Crippen LogP contribution in [0.25, 0.3) is 0 Å². The summed E-state index contributed by atoms with van der Waals surface area (Å²) < 4.78 is 0.881. The molecule has 1 aliphatic rings. The Morgan fingerprint density at radius 2 is 2.05 bits per heavy atom. The van der Waals surface area contributed by atoms with Crippen LogP contribution in [0, 0.1) is 6.92 Å². The van der Waals surface area contributed by atoms with Crippen LogP contribution in [0.3, 0.4) is 0 Å². The Kier molecular flexibility index (Phi) is 3.99. The highest BCUT2D eigenvalue weighted by Crippen LogP contribution is 2.39. The first kappa shape index (κ1) is 13.9. The number of halogens is 2. The van der Waals surface area contributed by atoms with E-state index in [1.54, 1.807) is 0 Å². The Morgan fingerprint density at radius 3 is 2.75 bits per heavy atom. The van der Waals surface area contributed by atoms with E-state index in [1.807, 2.05) is 25.1 Å². The molecule has 1 aliphatic carbocycles. The van der Waals surface area contributed by atoms with Gasteiger partial charge in [-0.15, -0.1) is 0 Å². The fourth-order valence-corrected chi connectivity index (χ4v) is 3.27. The molecule has 0 spiro atoms. The second kappa shape index (κ2) is 5.74. The number of nitrogens with zero attached hydrogens (tertiary/aromatic N) is 1. The summed E-state index contributed by atoms with van der Waals surface area (Å²) in [5, 5.41) is 4.40. The fourth-order valence-electron chi connectivity index (χ4n) is 2.67. The lowest BCUT2D eigenvalue weighted by molar-refractivity contribution is 0.374. The van der Waals surface area contributed by atoms with Gasteiger partial charge in [-0.2, -0.15) is 0 Å². The van der Waals surface area contributed by atoms with E-state index in [0.29, 0.717) is 12.0 Å². The minimum atomic E-state index is 0.528. The molecular weight excluding hydrogens is 336 g/mol. The third-order valence-electron chi connectivity index (χ3n) is 3.87. The molecule has 0 atom stereocenters. The molecule has 4 heteroatoms. The minimum Gasteiger partial charge on any atom is -0.381 e. The van der Waals surface area contributed by atoms with Crippen LogP contribution in [0.1, 0.15) is 30.0 Å². The van der Waals surface area contributed by atoms with Crippen molar-refractivity contribution in [1.82, 2.24) is 4.98 Å². The molecule has 2 aromatic rings. The number of rotatable bonds is 3. The molecule has 104 valence electrons. The van der Waals surface area contributed by atoms with Gasteiger partial charge in [0.15, 0.2) is 0 Å². The van der Waals surface area contributed by atoms with E-state index in [0.717, 1.165) is 33.8 Å². The van der Waals surface area contributed by atoms with Crippen LogP contribution in [-0.4, -0.2) is 11.0 Å². The number of benzene rings is 1. The second-order valence-corrected chi connectivity index (χ2v) is 6.58. The predicted molar refractivity (Wildman–Crippen MR) is 87.5 cm³/mol. The maximum absolute atomic E-state index is 6.04. The van der Waals surface area contributed by atoms with Crippen LogP contribution >= 0.6 is 27.5 Å². The van der Waals surface area contributed by atoms with Crippen molar-refractivity contribution in [2.45, 2.75) is 31.7 Å². The van der Waals surface area contributed by atoms with E-state index < -0.39 is 0 Å². The normalized spacial score (nSPS) is 21.4. The van der Waals surface area contributed by atoms with Crippen molar-refractivity contribution in [3.8, 4) is 0 Å². The first-order valence-corrected chi connectivity index (χ1v) is 7.94. The highest BCUT2D eigenvalue weighted by molar-refractivity contribution is 9.10. The van der Waals surface area contributed by atoms with E-state index in [-0.39, 0.29) is 0 Å². The molecule has 0 aliphatic heterocycles. The third-order valence-corrected chi connectivity index (χ3v) is 4.55. The van der Waals surface area contributed by atoms with Gasteiger partial charge in [-0.05, 0) is 71.4 Å². The minimum absolute atomic E-state index is 0.528. The van der Waals surface area contributed by atoms with Crippen molar-refractivity contribution in [1.29, 1.82) is 0 Å². The summed E-state index contributed by atoms with van der Waals surface area (Å²) in [6.07, 6.45) is 2.30. The van der Waals surface area contributed by atoms with E-state index in [2.05, 4.69) is 44.4 Å². The quantitative estimate of drug-likeness (QED) is 0.772. The summed E-state index contributed by atoms with van der Waals surface area (Å²) in [6.45, 7) is 2.03. The Balaban J connectivity index is 1.61. The van der Waals surface area contributed by atoms with Gasteiger partial charge in [-0.3, -0.25) is 0 Å². The van der Waals surface area contributed by atoms with Gasteiger partial charge in [0.1, 0.15) is 4.60 Å². The monoisotopic (exact) mass is 350 g/mol. The van der Waals surface area contributed by atoms with Crippen LogP contribution in [0.2, 0.25) is 5.02 Å². The van der Waals surface area contributed by atoms with Crippen molar-refractivity contribution in [3.63, 3.8) is 0 Å². The molecule has 0 saturated heterocycles. The number of pyridine rings is 1. The predicted octanol–water partition coefficient (Wildman–Crippen LogP) is 5.16. The van der Waals surface area contributed by atoms with Crippen LogP contribution < -0.4 is 5.32 Å². The van der Waals surface area contributed by atoms with Gasteiger partial charge < -0.3 is 5.32 Å². The number of hydrogen-bond acceptors (Lipinski definition) is 2. The Bertz CT molecular complexity index is 624. The number of hydrogen-bond donors (Lipinski definition) is 1. The zero-order valence-electron chi connectivity index (χ0n) is 11.2. The topological polar surface area (TPSA) is 24.9 Å². The number of nitrogens with one attached hydrogen (secondary N) is 1. The van der Waals surface area contributed by atoms with E-state index >= 15 is 0 Å². The van der Waals surface area contributed by atoms with Crippen molar-refractivity contribution in [2.24, 2.45) is 0 Å². The van der Waals surface area contributed by atoms with Crippen LogP contribution in [0.15, 0.2) is 41.0 Å². The molecule has 1 N–H and O–H groups in total. The maximum Gasteiger partial charge on any atom is 0.106 e. The fraction of sp³-hybridized carbons (Fsp3) is 0.312. The van der Waals surface area contributed by atoms with Crippen molar-refractivity contribution >= 4 is 33.2 Å². The molecule has 0 bridgehead atoms. The molecule has 20 heavy (non-hydrogen) atoms. The summed E-state index contributed by atoms with van der Waals surface area (Å²) in [4.78, 5) is 4.41. The average Bonchev–Trinajstić information content (AvgIpc) is 2.35. The number of aryl methyl sites for hydroxylation is 1. The zero-order chi connectivity index (χ0) is 14.1. The van der Waals surface area contributed by atoms with Gasteiger partial charge in [0, 0.05) is 11.1 Å². The summed E-state index contributed by atoms with van der Waals surface area (Å²) >= 11 is 9.43. The van der Waals surface area contributed by atoms with Gasteiger partial charge in [-0.1, -0.05) is 23.7 Å². The van der Waals surface area contributed by atoms with Gasteiger partial charge in [0.25, 0.3) is 0 Å². The van der Waals surface area contributed by atoms with Gasteiger partial charge in [0.05, 0.1) is 11.4 Å².